The van der Waals surface area contributed by atoms with E-state index >= 15 is 0 Å². The zero-order valence-electron chi connectivity index (χ0n) is 24.2. The van der Waals surface area contributed by atoms with Crippen LogP contribution in [0.25, 0.3) is 0 Å². The lowest BCUT2D eigenvalue weighted by Gasteiger charge is -2.32. The van der Waals surface area contributed by atoms with Gasteiger partial charge in [0.1, 0.15) is 18.3 Å². The third kappa shape index (κ3) is 8.01. The van der Waals surface area contributed by atoms with Gasteiger partial charge in [-0.05, 0) is 74.7 Å². The Kier molecular flexibility index (Phi) is 11.2. The van der Waals surface area contributed by atoms with Gasteiger partial charge in [-0.1, -0.05) is 60.8 Å². The quantitative estimate of drug-likeness (QED) is 0.262. The number of rotatable bonds is 13. The molecule has 0 radical (unpaired) electrons. The van der Waals surface area contributed by atoms with Crippen molar-refractivity contribution in [1.29, 1.82) is 0 Å². The second-order valence-corrected chi connectivity index (χ2v) is 12.2. The number of nitrogens with zero attached hydrogens (tertiary/aromatic N) is 2. The summed E-state index contributed by atoms with van der Waals surface area (Å²) in [6, 6.07) is 17.7. The Morgan fingerprint density at radius 1 is 1.00 bits per heavy atom. The zero-order chi connectivity index (χ0) is 30.2. The number of benzene rings is 3. The van der Waals surface area contributed by atoms with Crippen LogP contribution < -0.4 is 14.4 Å². The Morgan fingerprint density at radius 3 is 2.27 bits per heavy atom. The second kappa shape index (κ2) is 14.4. The highest BCUT2D eigenvalue weighted by molar-refractivity contribution is 7.92. The molecule has 10 heteroatoms. The number of amides is 2. The van der Waals surface area contributed by atoms with E-state index < -0.39 is 28.5 Å². The Hall–Kier alpha value is -3.56. The number of hydrogen-bond donors (Lipinski definition) is 1. The standard InChI is InChI=1S/C31H38ClN3O5S/c1-6-7-19-33-31(37)24(4)34(20-25-13-15-26(40-5)16-14-25)30(36)21-35(29-10-8-9-28(32)23(29)3)41(38,39)27-17-11-22(2)12-18-27/h8-18,24H,6-7,19-21H2,1-5H3,(H,33,37). The maximum absolute atomic E-state index is 14.0. The minimum atomic E-state index is -4.17. The number of methoxy groups -OCH3 is 1. The SMILES string of the molecule is CCCCNC(=O)C(C)N(Cc1ccc(OC)cc1)C(=O)CN(c1cccc(Cl)c1C)S(=O)(=O)c1ccc(C)cc1. The van der Waals surface area contributed by atoms with Gasteiger partial charge in [0.2, 0.25) is 11.8 Å². The molecule has 0 bridgehead atoms. The van der Waals surface area contributed by atoms with Crippen molar-refractivity contribution in [2.45, 2.75) is 58.0 Å². The number of ether oxygens (including phenoxy) is 1. The van der Waals surface area contributed by atoms with Crippen LogP contribution in [0.2, 0.25) is 5.02 Å². The van der Waals surface area contributed by atoms with Crippen LogP contribution in [0, 0.1) is 13.8 Å². The van der Waals surface area contributed by atoms with Crippen LogP contribution in [0.3, 0.4) is 0 Å². The fourth-order valence-electron chi connectivity index (χ4n) is 4.26. The van der Waals surface area contributed by atoms with Crippen LogP contribution in [0.1, 0.15) is 43.4 Å². The van der Waals surface area contributed by atoms with Gasteiger partial charge in [-0.25, -0.2) is 8.42 Å². The zero-order valence-corrected chi connectivity index (χ0v) is 25.8. The number of sulfonamides is 1. The number of carbonyl (C=O) groups excluding carboxylic acids is 2. The van der Waals surface area contributed by atoms with E-state index in [0.29, 0.717) is 22.9 Å². The van der Waals surface area contributed by atoms with Gasteiger partial charge in [0.05, 0.1) is 17.7 Å². The normalized spacial score (nSPS) is 12.0. The highest BCUT2D eigenvalue weighted by atomic mass is 35.5. The van der Waals surface area contributed by atoms with Gasteiger partial charge in [0.25, 0.3) is 10.0 Å². The van der Waals surface area contributed by atoms with E-state index in [9.17, 15) is 18.0 Å². The molecule has 220 valence electrons. The monoisotopic (exact) mass is 599 g/mol. The predicted octanol–water partition coefficient (Wildman–Crippen LogP) is 5.49. The summed E-state index contributed by atoms with van der Waals surface area (Å²) in [7, 11) is -2.61. The smallest absolute Gasteiger partial charge is 0.264 e. The van der Waals surface area contributed by atoms with Gasteiger partial charge < -0.3 is 15.0 Å². The Labute approximate surface area is 248 Å². The molecule has 1 N–H and O–H groups in total. The van der Waals surface area contributed by atoms with Gasteiger partial charge in [-0.2, -0.15) is 0 Å². The topological polar surface area (TPSA) is 96.0 Å². The molecule has 0 fully saturated rings. The maximum atomic E-state index is 14.0. The number of aryl methyl sites for hydroxylation is 1. The van der Waals surface area contributed by atoms with E-state index in [-0.39, 0.29) is 23.0 Å². The lowest BCUT2D eigenvalue weighted by Crippen LogP contribution is -2.51. The highest BCUT2D eigenvalue weighted by Gasteiger charge is 2.33. The maximum Gasteiger partial charge on any atom is 0.264 e. The number of unbranched alkanes of at least 4 members (excludes halogenated alkanes) is 1. The average molecular weight is 600 g/mol. The van der Waals surface area contributed by atoms with Crippen LogP contribution in [-0.2, 0) is 26.2 Å². The molecular weight excluding hydrogens is 562 g/mol. The van der Waals surface area contributed by atoms with Gasteiger partial charge >= 0.3 is 0 Å². The summed E-state index contributed by atoms with van der Waals surface area (Å²) in [6.07, 6.45) is 1.72. The summed E-state index contributed by atoms with van der Waals surface area (Å²) in [5, 5.41) is 3.26. The van der Waals surface area contributed by atoms with Crippen molar-refractivity contribution >= 4 is 39.1 Å². The molecule has 0 aliphatic heterocycles. The van der Waals surface area contributed by atoms with E-state index in [1.54, 1.807) is 63.4 Å². The lowest BCUT2D eigenvalue weighted by atomic mass is 10.1. The third-order valence-corrected chi connectivity index (χ3v) is 9.09. The first-order valence-corrected chi connectivity index (χ1v) is 15.4. The van der Waals surface area contributed by atoms with Crippen LogP contribution in [0.4, 0.5) is 5.69 Å². The fraction of sp³-hybridized carbons (Fsp3) is 0.355. The van der Waals surface area contributed by atoms with Crippen molar-refractivity contribution in [2.75, 3.05) is 24.5 Å². The van der Waals surface area contributed by atoms with Crippen molar-refractivity contribution in [1.82, 2.24) is 10.2 Å². The van der Waals surface area contributed by atoms with Gasteiger partial charge in [-0.3, -0.25) is 13.9 Å². The van der Waals surface area contributed by atoms with Crippen molar-refractivity contribution in [3.05, 3.63) is 88.4 Å². The third-order valence-electron chi connectivity index (χ3n) is 6.90. The first-order chi connectivity index (χ1) is 19.5. The van der Waals surface area contributed by atoms with Crippen LogP contribution in [0.5, 0.6) is 5.75 Å². The fourth-order valence-corrected chi connectivity index (χ4v) is 5.90. The molecule has 2 amide bonds. The minimum Gasteiger partial charge on any atom is -0.497 e. The van der Waals surface area contributed by atoms with Crippen molar-refractivity contribution in [3.8, 4) is 5.75 Å². The molecule has 3 aromatic rings. The average Bonchev–Trinajstić information content (AvgIpc) is 2.96. The molecule has 0 heterocycles. The van der Waals surface area contributed by atoms with E-state index in [1.165, 1.54) is 17.0 Å². The molecule has 0 aliphatic carbocycles. The first kappa shape index (κ1) is 32.0. The van der Waals surface area contributed by atoms with Crippen molar-refractivity contribution in [3.63, 3.8) is 0 Å². The number of carbonyl (C=O) groups is 2. The Bertz CT molecular complexity index is 1440. The Balaban J connectivity index is 2.03. The number of nitrogens with one attached hydrogen (secondary N) is 1. The molecular formula is C31H38ClN3O5S. The molecule has 0 saturated carbocycles. The molecule has 0 spiro atoms. The van der Waals surface area contributed by atoms with E-state index in [1.807, 2.05) is 26.0 Å². The van der Waals surface area contributed by atoms with Crippen molar-refractivity contribution < 1.29 is 22.7 Å². The minimum absolute atomic E-state index is 0.0438. The van der Waals surface area contributed by atoms with Crippen molar-refractivity contribution in [2.24, 2.45) is 0 Å². The molecule has 0 saturated heterocycles. The summed E-state index contributed by atoms with van der Waals surface area (Å²) in [5.41, 5.74) is 2.47. The van der Waals surface area contributed by atoms with Crippen LogP contribution in [-0.4, -0.2) is 51.4 Å². The summed E-state index contributed by atoms with van der Waals surface area (Å²) in [6.45, 7) is 7.29. The predicted molar refractivity (Wildman–Crippen MR) is 163 cm³/mol. The van der Waals surface area contributed by atoms with Crippen LogP contribution >= 0.6 is 11.6 Å². The molecule has 8 nitrogen and oxygen atoms in total. The molecule has 0 aliphatic rings. The van der Waals surface area contributed by atoms with Gasteiger partial charge in [-0.15, -0.1) is 0 Å². The molecule has 0 aromatic heterocycles. The van der Waals surface area contributed by atoms with Gasteiger partial charge in [0, 0.05) is 18.1 Å². The summed E-state index contributed by atoms with van der Waals surface area (Å²) in [4.78, 5) is 28.6. The van der Waals surface area contributed by atoms with E-state index in [4.69, 9.17) is 16.3 Å². The summed E-state index contributed by atoms with van der Waals surface area (Å²) in [5.74, 6) is -0.190. The molecule has 41 heavy (non-hydrogen) atoms. The van der Waals surface area contributed by atoms with E-state index in [0.717, 1.165) is 28.3 Å². The summed E-state index contributed by atoms with van der Waals surface area (Å²) >= 11 is 6.38. The van der Waals surface area contributed by atoms with Crippen LogP contribution in [0.15, 0.2) is 71.6 Å². The number of halogens is 1. The molecule has 3 aromatic carbocycles. The largest absolute Gasteiger partial charge is 0.497 e. The molecule has 1 atom stereocenters. The highest BCUT2D eigenvalue weighted by Crippen LogP contribution is 2.31. The number of hydrogen-bond acceptors (Lipinski definition) is 5. The van der Waals surface area contributed by atoms with Gasteiger partial charge in [0.15, 0.2) is 0 Å². The first-order valence-electron chi connectivity index (χ1n) is 13.5. The molecule has 1 unspecified atom stereocenters. The Morgan fingerprint density at radius 2 is 1.66 bits per heavy atom. The summed E-state index contributed by atoms with van der Waals surface area (Å²) < 4.78 is 34.3. The lowest BCUT2D eigenvalue weighted by molar-refractivity contribution is -0.139. The number of anilines is 1. The second-order valence-electron chi connectivity index (χ2n) is 9.90. The van der Waals surface area contributed by atoms with E-state index in [2.05, 4.69) is 5.32 Å². The molecule has 3 rings (SSSR count).